The van der Waals surface area contributed by atoms with E-state index in [1.165, 1.54) is 0 Å². The predicted molar refractivity (Wildman–Crippen MR) is 77.3 cm³/mol. The van der Waals surface area contributed by atoms with Crippen LogP contribution in [0.25, 0.3) is 0 Å². The molecule has 0 saturated heterocycles. The highest BCUT2D eigenvalue weighted by Gasteiger charge is 2.06. The third kappa shape index (κ3) is 3.40. The summed E-state index contributed by atoms with van der Waals surface area (Å²) >= 11 is 0. The highest BCUT2D eigenvalue weighted by molar-refractivity contribution is 5.45. The van der Waals surface area contributed by atoms with Crippen LogP contribution in [0.4, 0.5) is 0 Å². The summed E-state index contributed by atoms with van der Waals surface area (Å²) in [5.74, 6) is 6.23. The van der Waals surface area contributed by atoms with Gasteiger partial charge in [-0.05, 0) is 24.6 Å². The number of aryl methyl sites for hydroxylation is 2. The Balaban J connectivity index is 2.12. The number of aliphatic hydroxyl groups is 1. The first-order chi connectivity index (χ1) is 9.74. The lowest BCUT2D eigenvalue weighted by molar-refractivity contribution is 0.294. The number of rotatable bonds is 4. The summed E-state index contributed by atoms with van der Waals surface area (Å²) in [6, 6.07) is 9.59. The van der Waals surface area contributed by atoms with Gasteiger partial charge in [-0.3, -0.25) is 4.68 Å². The molecule has 1 N–H and O–H groups in total. The maximum absolute atomic E-state index is 8.77. The number of hydrogen-bond acceptors (Lipinski definition) is 3. The summed E-state index contributed by atoms with van der Waals surface area (Å²) in [5.41, 5.74) is 2.85. The van der Waals surface area contributed by atoms with Crippen LogP contribution in [-0.4, -0.2) is 21.5 Å². The molecular weight excluding hydrogens is 252 g/mol. The fourth-order valence-corrected chi connectivity index (χ4v) is 1.86. The highest BCUT2D eigenvalue weighted by atomic mass is 16.5. The number of hydrogen-bond donors (Lipinski definition) is 1. The van der Waals surface area contributed by atoms with E-state index in [4.69, 9.17) is 9.84 Å². The normalized spacial score (nSPS) is 9.95. The minimum absolute atomic E-state index is 0.157. The van der Waals surface area contributed by atoms with Crippen LogP contribution < -0.4 is 4.74 Å². The minimum atomic E-state index is -0.157. The zero-order valence-corrected chi connectivity index (χ0v) is 11.8. The summed E-state index contributed by atoms with van der Waals surface area (Å²) in [4.78, 5) is 0. The van der Waals surface area contributed by atoms with Crippen LogP contribution in [-0.2, 0) is 20.1 Å². The lowest BCUT2D eigenvalue weighted by Crippen LogP contribution is -2.03. The van der Waals surface area contributed by atoms with E-state index in [2.05, 4.69) is 23.9 Å². The van der Waals surface area contributed by atoms with Crippen molar-refractivity contribution >= 4 is 0 Å². The van der Waals surface area contributed by atoms with Crippen molar-refractivity contribution in [3.8, 4) is 17.6 Å². The molecule has 104 valence electrons. The molecule has 0 spiro atoms. The van der Waals surface area contributed by atoms with Crippen LogP contribution in [0.1, 0.15) is 23.9 Å². The zero-order valence-electron chi connectivity index (χ0n) is 11.8. The van der Waals surface area contributed by atoms with E-state index in [0.29, 0.717) is 12.4 Å². The van der Waals surface area contributed by atoms with E-state index in [9.17, 15) is 0 Å². The Bertz CT molecular complexity index is 635. The van der Waals surface area contributed by atoms with Crippen LogP contribution in [0.5, 0.6) is 5.75 Å². The van der Waals surface area contributed by atoms with E-state index >= 15 is 0 Å². The van der Waals surface area contributed by atoms with Gasteiger partial charge in [-0.15, -0.1) is 0 Å². The van der Waals surface area contributed by atoms with Crippen LogP contribution in [0.2, 0.25) is 0 Å². The molecule has 4 nitrogen and oxygen atoms in total. The third-order valence-electron chi connectivity index (χ3n) is 2.95. The quantitative estimate of drug-likeness (QED) is 0.863. The van der Waals surface area contributed by atoms with Gasteiger partial charge in [0.1, 0.15) is 19.0 Å². The Hall–Kier alpha value is -2.25. The van der Waals surface area contributed by atoms with Crippen LogP contribution in [0.3, 0.4) is 0 Å². The molecule has 1 aromatic carbocycles. The van der Waals surface area contributed by atoms with Crippen molar-refractivity contribution in [3.63, 3.8) is 0 Å². The van der Waals surface area contributed by atoms with Crippen molar-refractivity contribution in [2.24, 2.45) is 7.05 Å². The predicted octanol–water partition coefficient (Wildman–Crippen LogP) is 1.91. The standard InChI is InChI=1S/C16H18N2O2/c1-3-14-11-15(18(2)17-14)12-20-16-9-5-4-7-13(16)8-6-10-19/h4-5,7,9,11,19H,3,10,12H2,1-2H3. The molecule has 0 unspecified atom stereocenters. The largest absolute Gasteiger partial charge is 0.486 e. The van der Waals surface area contributed by atoms with Crippen molar-refractivity contribution in [3.05, 3.63) is 47.3 Å². The summed E-state index contributed by atoms with van der Waals surface area (Å²) in [7, 11) is 1.91. The molecule has 0 bridgehead atoms. The van der Waals surface area contributed by atoms with Gasteiger partial charge in [0.05, 0.1) is 17.0 Å². The minimum Gasteiger partial charge on any atom is -0.486 e. The fraction of sp³-hybridized carbons (Fsp3) is 0.312. The second-order valence-electron chi connectivity index (χ2n) is 4.35. The topological polar surface area (TPSA) is 47.3 Å². The van der Waals surface area contributed by atoms with Gasteiger partial charge in [-0.25, -0.2) is 0 Å². The smallest absolute Gasteiger partial charge is 0.135 e. The first-order valence-electron chi connectivity index (χ1n) is 6.58. The number of aliphatic hydroxyl groups excluding tert-OH is 1. The molecule has 4 heteroatoms. The second-order valence-corrected chi connectivity index (χ2v) is 4.35. The number of aromatic nitrogens is 2. The molecule has 0 atom stereocenters. The van der Waals surface area contributed by atoms with Crippen molar-refractivity contribution < 1.29 is 9.84 Å². The van der Waals surface area contributed by atoms with Crippen molar-refractivity contribution in [2.75, 3.05) is 6.61 Å². The van der Waals surface area contributed by atoms with E-state index in [1.54, 1.807) is 0 Å². The maximum atomic E-state index is 8.77. The first kappa shape index (κ1) is 14.2. The zero-order chi connectivity index (χ0) is 14.4. The summed E-state index contributed by atoms with van der Waals surface area (Å²) in [5, 5.41) is 13.2. The Morgan fingerprint density at radius 3 is 2.85 bits per heavy atom. The Morgan fingerprint density at radius 2 is 2.15 bits per heavy atom. The Kier molecular flexibility index (Phi) is 4.80. The number of nitrogens with zero attached hydrogens (tertiary/aromatic N) is 2. The third-order valence-corrected chi connectivity index (χ3v) is 2.95. The van der Waals surface area contributed by atoms with Crippen LogP contribution >= 0.6 is 0 Å². The molecule has 0 amide bonds. The summed E-state index contributed by atoms with van der Waals surface area (Å²) in [6.07, 6.45) is 0.909. The molecule has 0 aliphatic carbocycles. The van der Waals surface area contributed by atoms with Gasteiger partial charge in [0.2, 0.25) is 0 Å². The molecule has 2 rings (SSSR count). The van der Waals surface area contributed by atoms with Crippen LogP contribution in [0, 0.1) is 11.8 Å². The lowest BCUT2D eigenvalue weighted by Gasteiger charge is -2.08. The molecule has 0 fully saturated rings. The molecule has 2 aromatic rings. The molecule has 0 aliphatic heterocycles. The first-order valence-corrected chi connectivity index (χ1v) is 6.58. The number of para-hydroxylation sites is 1. The Labute approximate surface area is 119 Å². The number of ether oxygens (including phenoxy) is 1. The van der Waals surface area contributed by atoms with E-state index in [1.807, 2.05) is 42.1 Å². The monoisotopic (exact) mass is 270 g/mol. The van der Waals surface area contributed by atoms with Gasteiger partial charge in [-0.2, -0.15) is 5.10 Å². The van der Waals surface area contributed by atoms with Gasteiger partial charge in [-0.1, -0.05) is 30.9 Å². The van der Waals surface area contributed by atoms with Gasteiger partial charge in [0.25, 0.3) is 0 Å². The highest BCUT2D eigenvalue weighted by Crippen LogP contribution is 2.18. The van der Waals surface area contributed by atoms with Crippen LogP contribution in [0.15, 0.2) is 30.3 Å². The summed E-state index contributed by atoms with van der Waals surface area (Å²) < 4.78 is 7.65. The van der Waals surface area contributed by atoms with E-state index < -0.39 is 0 Å². The second kappa shape index (κ2) is 6.78. The van der Waals surface area contributed by atoms with Crippen molar-refractivity contribution in [1.29, 1.82) is 0 Å². The average molecular weight is 270 g/mol. The van der Waals surface area contributed by atoms with Crippen molar-refractivity contribution in [1.82, 2.24) is 9.78 Å². The van der Waals surface area contributed by atoms with E-state index in [0.717, 1.165) is 23.4 Å². The lowest BCUT2D eigenvalue weighted by atomic mass is 10.2. The van der Waals surface area contributed by atoms with Crippen molar-refractivity contribution in [2.45, 2.75) is 20.0 Å². The molecule has 1 aromatic heterocycles. The fourth-order valence-electron chi connectivity index (χ4n) is 1.86. The molecule has 20 heavy (non-hydrogen) atoms. The average Bonchev–Trinajstić information content (AvgIpc) is 2.84. The maximum Gasteiger partial charge on any atom is 0.135 e. The Morgan fingerprint density at radius 1 is 1.35 bits per heavy atom. The number of benzene rings is 1. The molecular formula is C16H18N2O2. The molecule has 0 radical (unpaired) electrons. The van der Waals surface area contributed by atoms with Gasteiger partial charge in [0, 0.05) is 7.05 Å². The van der Waals surface area contributed by atoms with E-state index in [-0.39, 0.29) is 6.61 Å². The van der Waals surface area contributed by atoms with Gasteiger partial charge >= 0.3 is 0 Å². The summed E-state index contributed by atoms with van der Waals surface area (Å²) in [6.45, 7) is 2.37. The molecule has 1 heterocycles. The van der Waals surface area contributed by atoms with Gasteiger partial charge < -0.3 is 9.84 Å². The molecule has 0 saturated carbocycles. The van der Waals surface area contributed by atoms with Gasteiger partial charge in [0.15, 0.2) is 0 Å². The molecule has 0 aliphatic rings. The SMILES string of the molecule is CCc1cc(COc2ccccc2C#CCO)n(C)n1.